The van der Waals surface area contributed by atoms with Crippen molar-refractivity contribution >= 4 is 27.5 Å². The fraction of sp³-hybridized carbons (Fsp3) is 0.259. The maximum atomic E-state index is 14.6. The largest absolute Gasteiger partial charge is 0.355 e. The van der Waals surface area contributed by atoms with E-state index in [9.17, 15) is 26.8 Å². The van der Waals surface area contributed by atoms with E-state index in [1.807, 2.05) is 6.07 Å². The fourth-order valence-electron chi connectivity index (χ4n) is 3.90. The molecule has 0 saturated heterocycles. The molecule has 0 saturated carbocycles. The van der Waals surface area contributed by atoms with Gasteiger partial charge in [-0.2, -0.15) is 0 Å². The van der Waals surface area contributed by atoms with Gasteiger partial charge in [0.25, 0.3) is 0 Å². The number of hydrogen-bond donors (Lipinski definition) is 1. The van der Waals surface area contributed by atoms with E-state index >= 15 is 0 Å². The molecule has 0 bridgehead atoms. The number of rotatable bonds is 11. The lowest BCUT2D eigenvalue weighted by Crippen LogP contribution is -2.53. The van der Waals surface area contributed by atoms with E-state index in [1.165, 1.54) is 36.4 Å². The summed E-state index contributed by atoms with van der Waals surface area (Å²) in [4.78, 5) is 28.1. The third-order valence-corrected chi connectivity index (χ3v) is 6.85. The van der Waals surface area contributed by atoms with Crippen LogP contribution in [0.4, 0.5) is 14.5 Å². The number of hydrogen-bond acceptors (Lipinski definition) is 4. The number of nitrogens with one attached hydrogen (secondary N) is 1. The summed E-state index contributed by atoms with van der Waals surface area (Å²) in [5.74, 6) is -2.67. The Morgan fingerprint density at radius 2 is 1.49 bits per heavy atom. The third kappa shape index (κ3) is 7.36. The minimum absolute atomic E-state index is 0.103. The Morgan fingerprint density at radius 1 is 0.892 bits per heavy atom. The predicted molar refractivity (Wildman–Crippen MR) is 138 cm³/mol. The summed E-state index contributed by atoms with van der Waals surface area (Å²) in [5, 5.41) is 2.71. The van der Waals surface area contributed by atoms with Crippen molar-refractivity contribution in [3.05, 3.63) is 102 Å². The maximum Gasteiger partial charge on any atom is 0.244 e. The molecule has 2 amide bonds. The van der Waals surface area contributed by atoms with E-state index in [2.05, 4.69) is 5.32 Å². The first-order valence-corrected chi connectivity index (χ1v) is 13.5. The van der Waals surface area contributed by atoms with Gasteiger partial charge >= 0.3 is 0 Å². The van der Waals surface area contributed by atoms with E-state index in [-0.39, 0.29) is 30.8 Å². The summed E-state index contributed by atoms with van der Waals surface area (Å²) in [5.41, 5.74) is 0.593. The van der Waals surface area contributed by atoms with Gasteiger partial charge in [0, 0.05) is 25.1 Å². The number of halogens is 2. The van der Waals surface area contributed by atoms with Crippen LogP contribution >= 0.6 is 0 Å². The maximum absolute atomic E-state index is 14.6. The lowest BCUT2D eigenvalue weighted by molar-refractivity contribution is -0.140. The number of nitrogens with zero attached hydrogens (tertiary/aromatic N) is 2. The Balaban J connectivity index is 2.06. The molecule has 3 aromatic carbocycles. The zero-order valence-electron chi connectivity index (χ0n) is 20.6. The van der Waals surface area contributed by atoms with E-state index in [4.69, 9.17) is 0 Å². The average molecular weight is 530 g/mol. The highest BCUT2D eigenvalue weighted by Gasteiger charge is 2.33. The molecule has 1 unspecified atom stereocenters. The monoisotopic (exact) mass is 529 g/mol. The topological polar surface area (TPSA) is 86.8 Å². The van der Waals surface area contributed by atoms with Crippen LogP contribution in [0.5, 0.6) is 0 Å². The Morgan fingerprint density at radius 3 is 2.08 bits per heavy atom. The molecule has 0 aromatic heterocycles. The number of sulfonamides is 1. The van der Waals surface area contributed by atoms with Gasteiger partial charge in [-0.05, 0) is 30.7 Å². The van der Waals surface area contributed by atoms with E-state index in [1.54, 1.807) is 37.3 Å². The first kappa shape index (κ1) is 27.8. The normalized spacial score (nSPS) is 12.0. The molecule has 0 spiro atoms. The van der Waals surface area contributed by atoms with E-state index < -0.39 is 46.1 Å². The molecule has 7 nitrogen and oxygen atoms in total. The molecular weight excluding hydrogens is 500 g/mol. The Hall–Kier alpha value is -3.79. The molecule has 3 aromatic rings. The molecular formula is C27H29F2N3O4S. The molecule has 0 aliphatic heterocycles. The second-order valence-electron chi connectivity index (χ2n) is 8.43. The van der Waals surface area contributed by atoms with Crippen LogP contribution in [0.1, 0.15) is 18.1 Å². The van der Waals surface area contributed by atoms with Crippen molar-refractivity contribution in [3.63, 3.8) is 0 Å². The van der Waals surface area contributed by atoms with E-state index in [0.717, 1.165) is 22.8 Å². The smallest absolute Gasteiger partial charge is 0.244 e. The quantitative estimate of drug-likeness (QED) is 0.412. The minimum Gasteiger partial charge on any atom is -0.355 e. The Labute approximate surface area is 215 Å². The highest BCUT2D eigenvalue weighted by atomic mass is 32.2. The van der Waals surface area contributed by atoms with Gasteiger partial charge in [0.15, 0.2) is 0 Å². The van der Waals surface area contributed by atoms with Crippen molar-refractivity contribution in [2.45, 2.75) is 25.9 Å². The standard InChI is InChI=1S/C27H29F2N3O4S/c1-3-30-27(34)25(17-20-11-5-4-6-12-20)31(18-21-13-7-8-14-22(21)28)26(33)19-32(37(2,35)36)24-16-10-9-15-23(24)29/h4-16,25H,3,17-19H2,1-2H3,(H,30,34). The van der Waals surface area contributed by atoms with Crippen LogP contribution in [-0.2, 0) is 32.6 Å². The summed E-state index contributed by atoms with van der Waals surface area (Å²) in [7, 11) is -4.09. The molecule has 0 heterocycles. The zero-order valence-corrected chi connectivity index (χ0v) is 21.4. The molecule has 1 N–H and O–H groups in total. The molecule has 37 heavy (non-hydrogen) atoms. The molecule has 0 aliphatic carbocycles. The first-order valence-electron chi connectivity index (χ1n) is 11.7. The number of benzene rings is 3. The highest BCUT2D eigenvalue weighted by molar-refractivity contribution is 7.92. The van der Waals surface area contributed by atoms with Crippen LogP contribution in [0, 0.1) is 11.6 Å². The number of para-hydroxylation sites is 1. The third-order valence-electron chi connectivity index (χ3n) is 5.72. The van der Waals surface area contributed by atoms with Gasteiger partial charge < -0.3 is 10.2 Å². The van der Waals surface area contributed by atoms with Gasteiger partial charge in [-0.3, -0.25) is 13.9 Å². The van der Waals surface area contributed by atoms with E-state index in [0.29, 0.717) is 4.31 Å². The highest BCUT2D eigenvalue weighted by Crippen LogP contribution is 2.23. The van der Waals surface area contributed by atoms with Gasteiger partial charge in [0.05, 0.1) is 11.9 Å². The molecule has 0 radical (unpaired) electrons. The number of amides is 2. The molecule has 196 valence electrons. The number of carbonyl (C=O) groups is 2. The molecule has 0 fully saturated rings. The summed E-state index contributed by atoms with van der Waals surface area (Å²) < 4.78 is 55.0. The van der Waals surface area contributed by atoms with Crippen LogP contribution in [0.3, 0.4) is 0 Å². The average Bonchev–Trinajstić information content (AvgIpc) is 2.86. The molecule has 0 aliphatic rings. The first-order chi connectivity index (χ1) is 17.6. The van der Waals surface area contributed by atoms with Gasteiger partial charge in [-0.25, -0.2) is 17.2 Å². The summed E-state index contributed by atoms with van der Waals surface area (Å²) >= 11 is 0. The van der Waals surface area contributed by atoms with Gasteiger partial charge in [-0.1, -0.05) is 60.7 Å². The summed E-state index contributed by atoms with van der Waals surface area (Å²) in [6, 6.07) is 18.9. The number of likely N-dealkylation sites (N-methyl/N-ethyl adjacent to an activating group) is 1. The van der Waals surface area contributed by atoms with Crippen molar-refractivity contribution in [2.75, 3.05) is 23.7 Å². The second-order valence-corrected chi connectivity index (χ2v) is 10.3. The zero-order chi connectivity index (χ0) is 27.0. The molecule has 10 heteroatoms. The van der Waals surface area contributed by atoms with Crippen molar-refractivity contribution in [1.29, 1.82) is 0 Å². The van der Waals surface area contributed by atoms with Crippen LogP contribution in [0.15, 0.2) is 78.9 Å². The van der Waals surface area contributed by atoms with Crippen LogP contribution in [0.2, 0.25) is 0 Å². The van der Waals surface area contributed by atoms with Gasteiger partial charge in [0.1, 0.15) is 24.2 Å². The Kier molecular flexibility index (Phi) is 9.35. The SMILES string of the molecule is CCNC(=O)C(Cc1ccccc1)N(Cc1ccccc1F)C(=O)CN(c1ccccc1F)S(C)(=O)=O. The van der Waals surface area contributed by atoms with Gasteiger partial charge in [-0.15, -0.1) is 0 Å². The van der Waals surface area contributed by atoms with Gasteiger partial charge in [0.2, 0.25) is 21.8 Å². The van der Waals surface area contributed by atoms with Crippen LogP contribution < -0.4 is 9.62 Å². The van der Waals surface area contributed by atoms with Crippen molar-refractivity contribution in [3.8, 4) is 0 Å². The summed E-state index contributed by atoms with van der Waals surface area (Å²) in [6.07, 6.45) is 0.963. The predicted octanol–water partition coefficient (Wildman–Crippen LogP) is 3.51. The summed E-state index contributed by atoms with van der Waals surface area (Å²) in [6.45, 7) is 0.939. The Bertz CT molecular complexity index is 1340. The fourth-order valence-corrected chi connectivity index (χ4v) is 4.76. The van der Waals surface area contributed by atoms with Crippen molar-refractivity contribution in [2.24, 2.45) is 0 Å². The second kappa shape index (κ2) is 12.4. The lowest BCUT2D eigenvalue weighted by atomic mass is 10.0. The minimum atomic E-state index is -4.09. The number of anilines is 1. The molecule has 3 rings (SSSR count). The van der Waals surface area contributed by atoms with Crippen LogP contribution in [0.25, 0.3) is 0 Å². The number of carbonyl (C=O) groups excluding carboxylic acids is 2. The van der Waals surface area contributed by atoms with Crippen molar-refractivity contribution < 1.29 is 26.8 Å². The van der Waals surface area contributed by atoms with Crippen molar-refractivity contribution in [1.82, 2.24) is 10.2 Å². The molecule has 1 atom stereocenters. The lowest BCUT2D eigenvalue weighted by Gasteiger charge is -2.33. The van der Waals surface area contributed by atoms with Crippen LogP contribution in [-0.4, -0.2) is 50.5 Å².